The molecule has 1 unspecified atom stereocenters. The summed E-state index contributed by atoms with van der Waals surface area (Å²) in [6.07, 6.45) is 0.869. The average Bonchev–Trinajstić information content (AvgIpc) is 3.08. The second-order valence-electron chi connectivity index (χ2n) is 12.4. The third-order valence-electron chi connectivity index (χ3n) is 9.04. The number of hydrogen-bond donors (Lipinski definition) is 7. The van der Waals surface area contributed by atoms with Gasteiger partial charge in [-0.05, 0) is 65.4 Å². The molecule has 0 aromatic heterocycles. The Kier molecular flexibility index (Phi) is 9.45. The number of aryl methyl sites for hydroxylation is 2. The fraction of sp³-hybridized carbons (Fsp3) is 0.143. The number of hydrogen-bond acceptors (Lipinski definition) is 8. The first kappa shape index (κ1) is 33.6. The van der Waals surface area contributed by atoms with Gasteiger partial charge in [0, 0.05) is 58.4 Å². The fourth-order valence-electron chi connectivity index (χ4n) is 6.50. The summed E-state index contributed by atoms with van der Waals surface area (Å²) >= 11 is 0. The molecule has 7 N–H and O–H groups in total. The van der Waals surface area contributed by atoms with Crippen molar-refractivity contribution in [2.75, 3.05) is 0 Å². The van der Waals surface area contributed by atoms with Gasteiger partial charge in [0.25, 0.3) is 0 Å². The molecule has 1 atom stereocenters. The molecule has 0 radical (unpaired) electrons. The zero-order chi connectivity index (χ0) is 35.5. The highest BCUT2D eigenvalue weighted by Gasteiger charge is 2.27. The Bertz CT molecular complexity index is 2100. The minimum absolute atomic E-state index is 0.00976. The van der Waals surface area contributed by atoms with Crippen LogP contribution in [-0.4, -0.2) is 35.7 Å². The topological polar surface area (TPSA) is 151 Å². The van der Waals surface area contributed by atoms with E-state index in [9.17, 15) is 35.7 Å². The number of phenols is 7. The van der Waals surface area contributed by atoms with Gasteiger partial charge in [-0.2, -0.15) is 0 Å². The summed E-state index contributed by atoms with van der Waals surface area (Å²) in [5.41, 5.74) is 6.62. The van der Waals surface area contributed by atoms with Crippen LogP contribution in [0.15, 0.2) is 115 Å². The van der Waals surface area contributed by atoms with Crippen molar-refractivity contribution in [3.63, 3.8) is 0 Å². The zero-order valence-corrected chi connectivity index (χ0v) is 27.6. The van der Waals surface area contributed by atoms with Gasteiger partial charge in [-0.25, -0.2) is 0 Å². The fourth-order valence-corrected chi connectivity index (χ4v) is 6.50. The number of phenolic OH excluding ortho intramolecular Hbond substituents is 7. The number of benzene rings is 6. The number of rotatable bonds is 10. The van der Waals surface area contributed by atoms with Crippen LogP contribution >= 0.6 is 0 Å². The Morgan fingerprint density at radius 2 is 0.900 bits per heavy atom. The molecule has 0 spiro atoms. The molecular formula is C42H38O8. The Balaban J connectivity index is 1.37. The van der Waals surface area contributed by atoms with Crippen molar-refractivity contribution in [2.45, 2.75) is 38.7 Å². The second-order valence-corrected chi connectivity index (χ2v) is 12.4. The molecule has 0 aliphatic heterocycles. The third kappa shape index (κ3) is 6.96. The molecule has 6 aromatic rings. The first-order valence-corrected chi connectivity index (χ1v) is 16.2. The summed E-state index contributed by atoms with van der Waals surface area (Å²) in [5.74, 6) is -1.34. The highest BCUT2D eigenvalue weighted by atomic mass is 16.5. The van der Waals surface area contributed by atoms with Gasteiger partial charge in [0.2, 0.25) is 0 Å². The lowest BCUT2D eigenvalue weighted by Gasteiger charge is -2.24. The molecule has 0 fully saturated rings. The minimum atomic E-state index is -0.637. The molecule has 0 saturated heterocycles. The Labute approximate surface area is 290 Å². The van der Waals surface area contributed by atoms with Crippen molar-refractivity contribution in [3.05, 3.63) is 165 Å². The van der Waals surface area contributed by atoms with E-state index in [-0.39, 0.29) is 46.9 Å². The molecule has 8 heteroatoms. The lowest BCUT2D eigenvalue weighted by Crippen LogP contribution is -2.09. The van der Waals surface area contributed by atoms with Crippen molar-refractivity contribution < 1.29 is 40.5 Å². The van der Waals surface area contributed by atoms with Crippen LogP contribution in [0.25, 0.3) is 0 Å². The maximum absolute atomic E-state index is 11.0. The largest absolute Gasteiger partial charge is 0.508 e. The van der Waals surface area contributed by atoms with Crippen molar-refractivity contribution in [1.29, 1.82) is 0 Å². The van der Waals surface area contributed by atoms with Crippen LogP contribution in [0.1, 0.15) is 68.8 Å². The highest BCUT2D eigenvalue weighted by molar-refractivity contribution is 5.58. The Hall–Kier alpha value is -6.28. The first-order chi connectivity index (χ1) is 24.0. The predicted molar refractivity (Wildman–Crippen MR) is 191 cm³/mol. The summed E-state index contributed by atoms with van der Waals surface area (Å²) in [6.45, 7) is 4.11. The van der Waals surface area contributed by atoms with E-state index in [4.69, 9.17) is 4.74 Å². The van der Waals surface area contributed by atoms with E-state index in [1.54, 1.807) is 36.4 Å². The highest BCUT2D eigenvalue weighted by Crippen LogP contribution is 2.45. The van der Waals surface area contributed by atoms with Gasteiger partial charge in [-0.3, -0.25) is 0 Å². The zero-order valence-electron chi connectivity index (χ0n) is 27.6. The molecule has 50 heavy (non-hydrogen) atoms. The number of aromatic hydroxyl groups is 7. The molecule has 6 rings (SSSR count). The molecule has 254 valence electrons. The quantitative estimate of drug-likeness (QED) is 0.0718. The van der Waals surface area contributed by atoms with E-state index in [1.807, 2.05) is 49.4 Å². The van der Waals surface area contributed by atoms with Crippen LogP contribution in [0.5, 0.6) is 46.0 Å². The molecule has 0 bridgehead atoms. The van der Waals surface area contributed by atoms with Crippen LogP contribution in [0.4, 0.5) is 0 Å². The molecule has 0 heterocycles. The van der Waals surface area contributed by atoms with Gasteiger partial charge in [-0.15, -0.1) is 0 Å². The van der Waals surface area contributed by atoms with Gasteiger partial charge < -0.3 is 40.5 Å². The molecule has 8 nitrogen and oxygen atoms in total. The molecule has 0 saturated carbocycles. The summed E-state index contributed by atoms with van der Waals surface area (Å²) < 4.78 is 6.40. The van der Waals surface area contributed by atoms with E-state index in [0.29, 0.717) is 28.0 Å². The summed E-state index contributed by atoms with van der Waals surface area (Å²) in [6, 6.07) is 31.8. The first-order valence-electron chi connectivity index (χ1n) is 16.2. The molecular weight excluding hydrogens is 632 g/mol. The van der Waals surface area contributed by atoms with Crippen LogP contribution in [-0.2, 0) is 13.0 Å². The maximum atomic E-state index is 11.0. The summed E-state index contributed by atoms with van der Waals surface area (Å²) in [4.78, 5) is 0. The molecule has 0 aliphatic carbocycles. The van der Waals surface area contributed by atoms with Gasteiger partial charge in [-0.1, -0.05) is 73.7 Å². The standard InChI is InChI=1S/C42H38O8/c1-3-25-4-7-27(8-5-25)41(33-14-9-28(43)19-37(33)47)36-17-12-31(46)22-40(36)50-23-26-6-13-32(24(2)18-26)42(34-15-10-29(44)20-38(34)48)35-16-11-30(45)21-39(35)49/h4-22,41-49H,3,23H2,1-2H3. The van der Waals surface area contributed by atoms with E-state index in [1.165, 1.54) is 36.4 Å². The summed E-state index contributed by atoms with van der Waals surface area (Å²) in [7, 11) is 0. The third-order valence-corrected chi connectivity index (χ3v) is 9.04. The lowest BCUT2D eigenvalue weighted by atomic mass is 9.81. The predicted octanol–water partition coefficient (Wildman–Crippen LogP) is 8.44. The Morgan fingerprint density at radius 1 is 0.460 bits per heavy atom. The van der Waals surface area contributed by atoms with E-state index >= 15 is 0 Å². The van der Waals surface area contributed by atoms with Gasteiger partial charge in [0.1, 0.15) is 52.6 Å². The van der Waals surface area contributed by atoms with Crippen LogP contribution in [0.2, 0.25) is 0 Å². The lowest BCUT2D eigenvalue weighted by molar-refractivity contribution is 0.300. The van der Waals surface area contributed by atoms with Gasteiger partial charge in [0.15, 0.2) is 0 Å². The molecule has 6 aromatic carbocycles. The normalized spacial score (nSPS) is 11.8. The van der Waals surface area contributed by atoms with E-state index < -0.39 is 11.8 Å². The summed E-state index contributed by atoms with van der Waals surface area (Å²) in [5, 5.41) is 73.1. The molecule has 0 aliphatic rings. The minimum Gasteiger partial charge on any atom is -0.508 e. The average molecular weight is 671 g/mol. The Morgan fingerprint density at radius 3 is 1.38 bits per heavy atom. The van der Waals surface area contributed by atoms with Crippen molar-refractivity contribution in [2.24, 2.45) is 0 Å². The van der Waals surface area contributed by atoms with Gasteiger partial charge in [0.05, 0.1) is 0 Å². The monoisotopic (exact) mass is 670 g/mol. The second kappa shape index (κ2) is 14.1. The molecule has 0 amide bonds. The van der Waals surface area contributed by atoms with Crippen LogP contribution < -0.4 is 4.74 Å². The van der Waals surface area contributed by atoms with Crippen molar-refractivity contribution >= 4 is 0 Å². The van der Waals surface area contributed by atoms with Crippen LogP contribution in [0.3, 0.4) is 0 Å². The maximum Gasteiger partial charge on any atom is 0.127 e. The SMILES string of the molecule is CCc1ccc(C(c2ccc(O)cc2O)c2ccc(O)cc2OCc2ccc(C(c3ccc(O)cc3O)c3ccc(O)cc3O)c(C)c2)cc1. The number of ether oxygens (including phenoxy) is 1. The van der Waals surface area contributed by atoms with Crippen LogP contribution in [0, 0.1) is 6.92 Å². The smallest absolute Gasteiger partial charge is 0.127 e. The van der Waals surface area contributed by atoms with Crippen molar-refractivity contribution in [3.8, 4) is 46.0 Å². The van der Waals surface area contributed by atoms with Crippen molar-refractivity contribution in [1.82, 2.24) is 0 Å². The van der Waals surface area contributed by atoms with E-state index in [2.05, 4.69) is 6.92 Å². The van der Waals surface area contributed by atoms with Gasteiger partial charge >= 0.3 is 0 Å². The van der Waals surface area contributed by atoms with E-state index in [0.717, 1.165) is 34.2 Å².